The van der Waals surface area contributed by atoms with E-state index >= 15 is 0 Å². The molecule has 0 saturated carbocycles. The summed E-state index contributed by atoms with van der Waals surface area (Å²) in [5.41, 5.74) is 4.73. The van der Waals surface area contributed by atoms with Crippen LogP contribution in [0.3, 0.4) is 0 Å². The molecule has 3 aromatic rings. The molecule has 2 aromatic carbocycles. The van der Waals surface area contributed by atoms with Crippen LogP contribution in [0.15, 0.2) is 77.8 Å². The van der Waals surface area contributed by atoms with E-state index in [9.17, 15) is 38.4 Å². The highest BCUT2D eigenvalue weighted by molar-refractivity contribution is 8.00. The molecule has 19 heteroatoms. The van der Waals surface area contributed by atoms with E-state index in [0.717, 1.165) is 53.2 Å². The van der Waals surface area contributed by atoms with E-state index < -0.39 is 5.25 Å². The number of anilines is 1. The number of para-hydroxylation sites is 1. The zero-order valence-corrected chi connectivity index (χ0v) is 37.5. The van der Waals surface area contributed by atoms with Gasteiger partial charge in [0, 0.05) is 81.0 Å². The lowest BCUT2D eigenvalue weighted by atomic mass is 10.1. The Hall–Kier alpha value is -6.21. The van der Waals surface area contributed by atoms with Crippen LogP contribution in [0.1, 0.15) is 108 Å². The van der Waals surface area contributed by atoms with Crippen molar-refractivity contribution in [3.8, 4) is 0 Å². The monoisotopic (exact) mass is 913 g/mol. The summed E-state index contributed by atoms with van der Waals surface area (Å²) in [5.74, 6) is -1.63. The van der Waals surface area contributed by atoms with Gasteiger partial charge in [0.1, 0.15) is 5.69 Å². The number of hydroxylamine groups is 1. The topological polar surface area (TPSA) is 231 Å². The minimum atomic E-state index is -0.503. The van der Waals surface area contributed by atoms with E-state index in [2.05, 4.69) is 31.7 Å². The van der Waals surface area contributed by atoms with Crippen molar-refractivity contribution in [1.29, 1.82) is 0 Å². The minimum absolute atomic E-state index is 0.0169. The van der Waals surface area contributed by atoms with Crippen LogP contribution >= 0.6 is 11.8 Å². The molecule has 1 fully saturated rings. The van der Waals surface area contributed by atoms with Gasteiger partial charge >= 0.3 is 0 Å². The van der Waals surface area contributed by atoms with E-state index in [1.54, 1.807) is 10.9 Å². The fourth-order valence-corrected chi connectivity index (χ4v) is 8.13. The first-order valence-corrected chi connectivity index (χ1v) is 23.2. The Labute approximate surface area is 383 Å². The molecule has 2 aliphatic rings. The first-order valence-electron chi connectivity index (χ1n) is 22.4. The van der Waals surface area contributed by atoms with E-state index in [1.807, 2.05) is 54.6 Å². The summed E-state index contributed by atoms with van der Waals surface area (Å²) in [6, 6.07) is 16.8. The molecule has 348 valence electrons. The highest BCUT2D eigenvalue weighted by Gasteiger charge is 2.38. The highest BCUT2D eigenvalue weighted by Crippen LogP contribution is 2.32. The lowest BCUT2D eigenvalue weighted by Gasteiger charge is -2.15. The summed E-state index contributed by atoms with van der Waals surface area (Å²) >= 11 is 1.35. The van der Waals surface area contributed by atoms with Gasteiger partial charge in [-0.25, -0.2) is 5.48 Å². The molecule has 2 aliphatic heterocycles. The average molecular weight is 914 g/mol. The normalized spacial score (nSPS) is 14.6. The van der Waals surface area contributed by atoms with Gasteiger partial charge in [-0.05, 0) is 68.4 Å². The van der Waals surface area contributed by atoms with Crippen LogP contribution in [0.2, 0.25) is 0 Å². The summed E-state index contributed by atoms with van der Waals surface area (Å²) in [7, 11) is 0. The second-order valence-corrected chi connectivity index (χ2v) is 17.1. The number of amides is 8. The Kier molecular flexibility index (Phi) is 20.8. The van der Waals surface area contributed by atoms with E-state index in [4.69, 9.17) is 4.84 Å². The summed E-state index contributed by atoms with van der Waals surface area (Å²) in [5, 5.41) is 16.2. The zero-order chi connectivity index (χ0) is 46.2. The van der Waals surface area contributed by atoms with Gasteiger partial charge in [0.05, 0.1) is 24.6 Å². The molecule has 0 bridgehead atoms. The summed E-state index contributed by atoms with van der Waals surface area (Å²) in [6.07, 6.45) is 13.1. The third-order valence-electron chi connectivity index (χ3n) is 10.6. The van der Waals surface area contributed by atoms with Gasteiger partial charge in [0.25, 0.3) is 11.8 Å². The van der Waals surface area contributed by atoms with Crippen LogP contribution in [0, 0.1) is 0 Å². The maximum Gasteiger partial charge on any atom is 0.253 e. The van der Waals surface area contributed by atoms with Crippen molar-refractivity contribution in [3.05, 3.63) is 84.2 Å². The molecule has 1 saturated heterocycles. The Morgan fingerprint density at radius 1 is 0.662 bits per heavy atom. The minimum Gasteiger partial charge on any atom is -0.354 e. The van der Waals surface area contributed by atoms with Crippen LogP contribution in [0.4, 0.5) is 5.69 Å². The van der Waals surface area contributed by atoms with E-state index in [-0.39, 0.29) is 79.9 Å². The lowest BCUT2D eigenvalue weighted by molar-refractivity contribution is -0.139. The van der Waals surface area contributed by atoms with E-state index in [0.29, 0.717) is 76.6 Å². The van der Waals surface area contributed by atoms with Crippen LogP contribution in [0.5, 0.6) is 0 Å². The molecule has 0 spiro atoms. The third-order valence-corrected chi connectivity index (χ3v) is 11.8. The van der Waals surface area contributed by atoms with Crippen LogP contribution in [0.25, 0.3) is 0 Å². The molecule has 0 radical (unpaired) electrons. The molecule has 1 aromatic heterocycles. The number of nitrogens with one attached hydrogen (secondary N) is 4. The van der Waals surface area contributed by atoms with Crippen molar-refractivity contribution in [3.63, 3.8) is 0 Å². The van der Waals surface area contributed by atoms with Gasteiger partial charge in [0.15, 0.2) is 0 Å². The van der Waals surface area contributed by atoms with Gasteiger partial charge in [-0.1, -0.05) is 61.2 Å². The lowest BCUT2D eigenvalue weighted by Crippen LogP contribution is -2.38. The maximum absolute atomic E-state index is 13.1. The highest BCUT2D eigenvalue weighted by atomic mass is 32.2. The number of carbonyl (C=O) groups is 8. The number of hydrogen-bond donors (Lipinski definition) is 4. The van der Waals surface area contributed by atoms with Crippen molar-refractivity contribution >= 4 is 64.7 Å². The average Bonchev–Trinajstić information content (AvgIpc) is 3.97. The van der Waals surface area contributed by atoms with Gasteiger partial charge in [-0.2, -0.15) is 0 Å². The fraction of sp³-hybridized carbons (Fsp3) is 0.478. The molecule has 18 nitrogen and oxygen atoms in total. The number of likely N-dealkylation sites (tertiary alicyclic amines) is 1. The molecule has 5 rings (SSSR count). The van der Waals surface area contributed by atoms with Crippen molar-refractivity contribution in [1.82, 2.24) is 40.9 Å². The number of carbonyl (C=O) groups excluding carboxylic acids is 8. The number of unbranched alkanes of at least 4 members (excludes halogenated alkanes) is 7. The smallest absolute Gasteiger partial charge is 0.253 e. The molecule has 4 N–H and O–H groups in total. The SMILES string of the molecule is O=C(CCCCCn1cc(CNC(=O)CCCCCN2C(=O)CC(Sc3ccc(CONC(=O)CCCCCCC(=O)Nc4ccccc4)cc3)C2=O)nn1)NCCN1C(=O)C=CC1=O. The van der Waals surface area contributed by atoms with Crippen LogP contribution in [-0.2, 0) is 62.9 Å². The van der Waals surface area contributed by atoms with Crippen LogP contribution < -0.4 is 21.4 Å². The number of nitrogens with zero attached hydrogens (tertiary/aromatic N) is 5. The summed E-state index contributed by atoms with van der Waals surface area (Å²) < 4.78 is 1.70. The second kappa shape index (κ2) is 27.2. The second-order valence-electron chi connectivity index (χ2n) is 15.9. The molecule has 3 heterocycles. The Morgan fingerprint density at radius 2 is 1.28 bits per heavy atom. The number of aromatic nitrogens is 3. The quantitative estimate of drug-likeness (QED) is 0.0412. The Morgan fingerprint density at radius 3 is 1.97 bits per heavy atom. The summed E-state index contributed by atoms with van der Waals surface area (Å²) in [6.45, 7) is 1.72. The molecule has 1 unspecified atom stereocenters. The molecular weight excluding hydrogens is 855 g/mol. The van der Waals surface area contributed by atoms with Crippen molar-refractivity contribution < 1.29 is 43.2 Å². The molecule has 8 amide bonds. The van der Waals surface area contributed by atoms with E-state index in [1.165, 1.54) is 28.8 Å². The number of hydrogen-bond acceptors (Lipinski definition) is 12. The van der Waals surface area contributed by atoms with Gasteiger partial charge in [-0.15, -0.1) is 16.9 Å². The van der Waals surface area contributed by atoms with Gasteiger partial charge in [0.2, 0.25) is 35.4 Å². The number of thioether (sulfide) groups is 1. The standard InChI is InChI=1S/C46H59N9O9S/c56-39(47-26-29-54-43(60)24-25-44(54)61)16-10-4-12-27-53-32-36(50-52-53)31-48-40(57)17-11-5-13-28-55-45(62)30-38(46(55)63)65-37-22-20-34(21-23-37)33-64-51-42(59)19-9-2-1-8-18-41(58)49-35-14-6-3-7-15-35/h3,6-7,14-15,20-25,32,38H,1-2,4-5,8-13,16-19,26-31,33H2,(H,47,56)(H,48,57)(H,49,58)(H,51,59). The Balaban J connectivity index is 0.838. The van der Waals surface area contributed by atoms with Crippen LogP contribution in [-0.4, -0.2) is 96.9 Å². The van der Waals surface area contributed by atoms with Gasteiger partial charge < -0.3 is 16.0 Å². The largest absolute Gasteiger partial charge is 0.354 e. The summed E-state index contributed by atoms with van der Waals surface area (Å²) in [4.78, 5) is 106. The maximum atomic E-state index is 13.1. The molecule has 65 heavy (non-hydrogen) atoms. The van der Waals surface area contributed by atoms with Crippen molar-refractivity contribution in [2.75, 3.05) is 25.0 Å². The Bertz CT molecular complexity index is 2100. The predicted molar refractivity (Wildman–Crippen MR) is 241 cm³/mol. The number of rotatable bonds is 30. The van der Waals surface area contributed by atoms with Gasteiger partial charge in [-0.3, -0.25) is 57.7 Å². The fourth-order valence-electron chi connectivity index (χ4n) is 7.05. The third kappa shape index (κ3) is 18.1. The molecule has 1 atom stereocenters. The van der Waals surface area contributed by atoms with Crippen molar-refractivity contribution in [2.45, 2.75) is 126 Å². The van der Waals surface area contributed by atoms with Crippen molar-refractivity contribution in [2.24, 2.45) is 0 Å². The molecule has 0 aliphatic carbocycles. The predicted octanol–water partition coefficient (Wildman–Crippen LogP) is 4.50. The molecular formula is C46H59N9O9S. The number of aryl methyl sites for hydroxylation is 1. The first-order chi connectivity index (χ1) is 31.5. The zero-order valence-electron chi connectivity index (χ0n) is 36.7. The number of benzene rings is 2. The first kappa shape index (κ1) is 49.8. The number of imide groups is 2.